The summed E-state index contributed by atoms with van der Waals surface area (Å²) in [6.07, 6.45) is 0.638. The Morgan fingerprint density at radius 3 is 2.62 bits per heavy atom. The molecule has 3 nitrogen and oxygen atoms in total. The summed E-state index contributed by atoms with van der Waals surface area (Å²) >= 11 is 15.3. The van der Waals surface area contributed by atoms with Crippen molar-refractivity contribution < 1.29 is 4.79 Å². The van der Waals surface area contributed by atoms with Crippen LogP contribution in [0, 0.1) is 0 Å². The van der Waals surface area contributed by atoms with Crippen LogP contribution in [0.2, 0.25) is 10.0 Å². The topological polar surface area (TPSA) is 41.1 Å². The molecule has 0 heterocycles. The molecule has 0 fully saturated rings. The maximum atomic E-state index is 11.8. The van der Waals surface area contributed by atoms with Gasteiger partial charge in [0.05, 0.1) is 5.69 Å². The zero-order valence-electron chi connectivity index (χ0n) is 11.0. The van der Waals surface area contributed by atoms with Gasteiger partial charge in [-0.15, -0.1) is 0 Å². The second-order valence-corrected chi connectivity index (χ2v) is 6.04. The highest BCUT2D eigenvalue weighted by Crippen LogP contribution is 2.22. The van der Waals surface area contributed by atoms with Gasteiger partial charge >= 0.3 is 6.03 Å². The van der Waals surface area contributed by atoms with E-state index in [-0.39, 0.29) is 6.03 Å². The van der Waals surface area contributed by atoms with Crippen LogP contribution < -0.4 is 10.6 Å². The predicted octanol–water partition coefficient (Wildman–Crippen LogP) is 5.12. The average molecular weight is 388 g/mol. The lowest BCUT2D eigenvalue weighted by Gasteiger charge is -2.09. The number of hydrogen-bond acceptors (Lipinski definition) is 1. The molecule has 0 bridgehead atoms. The van der Waals surface area contributed by atoms with E-state index in [2.05, 4.69) is 26.6 Å². The summed E-state index contributed by atoms with van der Waals surface area (Å²) in [5, 5.41) is 6.76. The van der Waals surface area contributed by atoms with E-state index in [0.717, 1.165) is 15.7 Å². The zero-order chi connectivity index (χ0) is 15.2. The highest BCUT2D eigenvalue weighted by Gasteiger charge is 2.05. The summed E-state index contributed by atoms with van der Waals surface area (Å²) in [6, 6.07) is 12.5. The third-order valence-electron chi connectivity index (χ3n) is 2.82. The molecule has 0 saturated carbocycles. The van der Waals surface area contributed by atoms with Crippen LogP contribution in [-0.2, 0) is 6.42 Å². The Kier molecular flexibility index (Phi) is 5.91. The van der Waals surface area contributed by atoms with Gasteiger partial charge in [0.1, 0.15) is 0 Å². The summed E-state index contributed by atoms with van der Waals surface area (Å²) in [4.78, 5) is 11.8. The number of halogens is 3. The lowest BCUT2D eigenvalue weighted by Crippen LogP contribution is -2.30. The second-order valence-electron chi connectivity index (χ2n) is 4.35. The van der Waals surface area contributed by atoms with Crippen molar-refractivity contribution in [2.75, 3.05) is 11.9 Å². The maximum absolute atomic E-state index is 11.8. The number of rotatable bonds is 4. The average Bonchev–Trinajstić information content (AvgIpc) is 2.44. The first-order chi connectivity index (χ1) is 10.1. The zero-order valence-corrected chi connectivity index (χ0v) is 14.1. The largest absolute Gasteiger partial charge is 0.338 e. The third kappa shape index (κ3) is 4.92. The molecule has 2 aromatic carbocycles. The van der Waals surface area contributed by atoms with Crippen molar-refractivity contribution in [1.82, 2.24) is 5.32 Å². The monoisotopic (exact) mass is 386 g/mol. The number of amides is 2. The quantitative estimate of drug-likeness (QED) is 0.750. The Morgan fingerprint density at radius 2 is 1.90 bits per heavy atom. The number of para-hydroxylation sites is 1. The minimum Gasteiger partial charge on any atom is -0.338 e. The molecular weight excluding hydrogens is 375 g/mol. The van der Waals surface area contributed by atoms with Crippen molar-refractivity contribution in [3.8, 4) is 0 Å². The Labute approximate surface area is 141 Å². The maximum Gasteiger partial charge on any atom is 0.319 e. The summed E-state index contributed by atoms with van der Waals surface area (Å²) < 4.78 is 0.834. The first-order valence-electron chi connectivity index (χ1n) is 6.29. The molecule has 0 unspecified atom stereocenters. The van der Waals surface area contributed by atoms with Crippen LogP contribution in [0.3, 0.4) is 0 Å². The van der Waals surface area contributed by atoms with Crippen molar-refractivity contribution in [3.05, 3.63) is 62.5 Å². The van der Waals surface area contributed by atoms with Crippen molar-refractivity contribution in [1.29, 1.82) is 0 Å². The van der Waals surface area contributed by atoms with Gasteiger partial charge in [-0.3, -0.25) is 0 Å². The Hall–Kier alpha value is -1.23. The number of urea groups is 1. The fourth-order valence-corrected chi connectivity index (χ4v) is 2.65. The predicted molar refractivity (Wildman–Crippen MR) is 91.3 cm³/mol. The van der Waals surface area contributed by atoms with Crippen LogP contribution in [0.25, 0.3) is 0 Å². The lowest BCUT2D eigenvalue weighted by molar-refractivity contribution is 0.252. The smallest absolute Gasteiger partial charge is 0.319 e. The molecule has 0 aliphatic carbocycles. The van der Waals surface area contributed by atoms with Crippen LogP contribution in [-0.4, -0.2) is 12.6 Å². The van der Waals surface area contributed by atoms with Gasteiger partial charge in [-0.1, -0.05) is 41.4 Å². The van der Waals surface area contributed by atoms with E-state index in [9.17, 15) is 4.79 Å². The fourth-order valence-electron chi connectivity index (χ4n) is 1.76. The van der Waals surface area contributed by atoms with Crippen molar-refractivity contribution >= 4 is 50.9 Å². The first-order valence-corrected chi connectivity index (χ1v) is 7.84. The Bertz CT molecular complexity index is 649. The number of nitrogens with one attached hydrogen (secondary N) is 2. The van der Waals surface area contributed by atoms with E-state index in [4.69, 9.17) is 23.2 Å². The summed E-state index contributed by atoms with van der Waals surface area (Å²) in [5.41, 5.74) is 1.67. The molecule has 0 saturated heterocycles. The molecule has 2 aromatic rings. The molecule has 0 spiro atoms. The molecule has 0 aliphatic rings. The normalized spacial score (nSPS) is 10.2. The van der Waals surface area contributed by atoms with E-state index in [1.54, 1.807) is 12.1 Å². The molecule has 0 aliphatic heterocycles. The lowest BCUT2D eigenvalue weighted by atomic mass is 10.1. The second kappa shape index (κ2) is 7.69. The standard InChI is InChI=1S/C15H13BrCl2N2O/c16-12-3-1-2-4-14(12)20-15(21)19-8-7-10-5-6-11(17)9-13(10)18/h1-6,9H,7-8H2,(H2,19,20,21). The highest BCUT2D eigenvalue weighted by atomic mass is 79.9. The van der Waals surface area contributed by atoms with Gasteiger partial charge in [-0.05, 0) is 52.2 Å². The van der Waals surface area contributed by atoms with Crippen LogP contribution in [0.4, 0.5) is 10.5 Å². The van der Waals surface area contributed by atoms with E-state index < -0.39 is 0 Å². The van der Waals surface area contributed by atoms with E-state index in [1.165, 1.54) is 0 Å². The van der Waals surface area contributed by atoms with E-state index >= 15 is 0 Å². The molecule has 110 valence electrons. The van der Waals surface area contributed by atoms with Gasteiger partial charge < -0.3 is 10.6 Å². The Balaban J connectivity index is 1.83. The minimum absolute atomic E-state index is 0.257. The van der Waals surface area contributed by atoms with Crippen LogP contribution in [0.5, 0.6) is 0 Å². The van der Waals surface area contributed by atoms with Crippen molar-refractivity contribution in [3.63, 3.8) is 0 Å². The molecule has 2 amide bonds. The fraction of sp³-hybridized carbons (Fsp3) is 0.133. The molecule has 0 aromatic heterocycles. The summed E-state index contributed by atoms with van der Waals surface area (Å²) in [6.45, 7) is 0.484. The van der Waals surface area contributed by atoms with Crippen molar-refractivity contribution in [2.24, 2.45) is 0 Å². The van der Waals surface area contributed by atoms with Gasteiger partial charge in [0.15, 0.2) is 0 Å². The molecule has 6 heteroatoms. The summed E-state index contributed by atoms with van der Waals surface area (Å²) in [7, 11) is 0. The minimum atomic E-state index is -0.257. The van der Waals surface area contributed by atoms with Gasteiger partial charge in [0.25, 0.3) is 0 Å². The van der Waals surface area contributed by atoms with Crippen LogP contribution in [0.15, 0.2) is 46.9 Å². The van der Waals surface area contributed by atoms with Gasteiger partial charge in [0, 0.05) is 21.1 Å². The van der Waals surface area contributed by atoms with Crippen LogP contribution >= 0.6 is 39.1 Å². The van der Waals surface area contributed by atoms with Gasteiger partial charge in [-0.2, -0.15) is 0 Å². The molecule has 2 N–H and O–H groups in total. The number of hydrogen-bond donors (Lipinski definition) is 2. The number of anilines is 1. The number of carbonyl (C=O) groups is 1. The third-order valence-corrected chi connectivity index (χ3v) is 4.10. The first kappa shape index (κ1) is 16.1. The molecule has 21 heavy (non-hydrogen) atoms. The van der Waals surface area contributed by atoms with E-state index in [0.29, 0.717) is 23.0 Å². The Morgan fingerprint density at radius 1 is 1.14 bits per heavy atom. The van der Waals surface area contributed by atoms with Crippen LogP contribution in [0.1, 0.15) is 5.56 Å². The number of carbonyl (C=O) groups excluding carboxylic acids is 1. The summed E-state index contributed by atoms with van der Waals surface area (Å²) in [5.74, 6) is 0. The van der Waals surface area contributed by atoms with E-state index in [1.807, 2.05) is 30.3 Å². The molecule has 0 atom stereocenters. The molecular formula is C15H13BrCl2N2O. The molecule has 0 radical (unpaired) electrons. The number of benzene rings is 2. The van der Waals surface area contributed by atoms with Gasteiger partial charge in [0.2, 0.25) is 0 Å². The molecule has 2 rings (SSSR count). The van der Waals surface area contributed by atoms with Gasteiger partial charge in [-0.25, -0.2) is 4.79 Å². The van der Waals surface area contributed by atoms with Crippen molar-refractivity contribution in [2.45, 2.75) is 6.42 Å². The highest BCUT2D eigenvalue weighted by molar-refractivity contribution is 9.10. The SMILES string of the molecule is O=C(NCCc1ccc(Cl)cc1Cl)Nc1ccccc1Br.